The molecule has 7 heteroatoms. The first-order valence-corrected chi connectivity index (χ1v) is 9.36. The summed E-state index contributed by atoms with van der Waals surface area (Å²) in [5.41, 5.74) is 1.27. The Kier molecular flexibility index (Phi) is 5.55. The second-order valence-electron chi connectivity index (χ2n) is 5.49. The lowest BCUT2D eigenvalue weighted by molar-refractivity contribution is 0.0930. The van der Waals surface area contributed by atoms with Crippen LogP contribution in [-0.2, 0) is 0 Å². The lowest BCUT2D eigenvalue weighted by Gasteiger charge is -2.18. The molecule has 0 aliphatic carbocycles. The van der Waals surface area contributed by atoms with Gasteiger partial charge in [0.05, 0.1) is 18.7 Å². The van der Waals surface area contributed by atoms with Crippen LogP contribution < -0.4 is 10.1 Å². The first-order chi connectivity index (χ1) is 12.2. The van der Waals surface area contributed by atoms with Crippen molar-refractivity contribution in [2.75, 3.05) is 19.1 Å². The molecule has 0 aliphatic rings. The maximum Gasteiger partial charge on any atom is 0.255 e. The topological polar surface area (TPSA) is 68.5 Å². The third-order valence-corrected chi connectivity index (χ3v) is 4.56. The third-order valence-electron chi connectivity index (χ3n) is 3.92. The molecule has 25 heavy (non-hydrogen) atoms. The van der Waals surface area contributed by atoms with E-state index in [1.807, 2.05) is 47.2 Å². The van der Waals surface area contributed by atoms with Crippen molar-refractivity contribution >= 4 is 23.3 Å². The Morgan fingerprint density at radius 1 is 1.24 bits per heavy atom. The van der Waals surface area contributed by atoms with E-state index in [2.05, 4.69) is 15.5 Å². The van der Waals surface area contributed by atoms with Crippen LogP contribution in [0.4, 0.5) is 0 Å². The lowest BCUT2D eigenvalue weighted by Crippen LogP contribution is -2.30. The summed E-state index contributed by atoms with van der Waals surface area (Å²) < 4.78 is 7.20. The number of rotatable bonds is 7. The van der Waals surface area contributed by atoms with Crippen LogP contribution in [0.15, 0.2) is 48.7 Å². The molecule has 1 atom stereocenters. The predicted molar refractivity (Wildman–Crippen MR) is 99.2 cm³/mol. The average molecular weight is 356 g/mol. The Labute approximate surface area is 150 Å². The minimum atomic E-state index is -0.234. The summed E-state index contributed by atoms with van der Waals surface area (Å²) in [5, 5.41) is 11.6. The van der Waals surface area contributed by atoms with E-state index in [0.29, 0.717) is 11.3 Å². The van der Waals surface area contributed by atoms with Gasteiger partial charge in [0.2, 0.25) is 0 Å². The molecule has 0 bridgehead atoms. The number of hydrogen-bond donors (Lipinski definition) is 1. The van der Waals surface area contributed by atoms with Crippen molar-refractivity contribution in [2.45, 2.75) is 12.5 Å². The van der Waals surface area contributed by atoms with E-state index < -0.39 is 0 Å². The Bertz CT molecular complexity index is 865. The summed E-state index contributed by atoms with van der Waals surface area (Å²) >= 11 is 1.73. The van der Waals surface area contributed by atoms with E-state index in [-0.39, 0.29) is 11.9 Å². The molecule has 0 saturated carbocycles. The molecular weight excluding hydrogens is 336 g/mol. The average Bonchev–Trinajstić information content (AvgIpc) is 3.09. The van der Waals surface area contributed by atoms with Crippen LogP contribution in [-0.4, -0.2) is 39.6 Å². The fraction of sp³-hybridized carbons (Fsp3) is 0.278. The molecule has 2 heterocycles. The quantitative estimate of drug-likeness (QED) is 0.705. The molecule has 0 radical (unpaired) electrons. The van der Waals surface area contributed by atoms with Gasteiger partial charge in [-0.2, -0.15) is 11.8 Å². The van der Waals surface area contributed by atoms with E-state index in [0.717, 1.165) is 23.6 Å². The van der Waals surface area contributed by atoms with Crippen molar-refractivity contribution in [3.8, 4) is 5.75 Å². The normalized spacial score (nSPS) is 12.1. The molecular formula is C18H20N4O2S. The number of para-hydroxylation sites is 1. The van der Waals surface area contributed by atoms with Gasteiger partial charge >= 0.3 is 0 Å². The van der Waals surface area contributed by atoms with E-state index in [9.17, 15) is 4.79 Å². The number of nitrogens with one attached hydrogen (secondary N) is 1. The number of amides is 1. The van der Waals surface area contributed by atoms with Gasteiger partial charge in [0.15, 0.2) is 11.5 Å². The van der Waals surface area contributed by atoms with Crippen LogP contribution in [0, 0.1) is 0 Å². The van der Waals surface area contributed by atoms with Gasteiger partial charge in [0.25, 0.3) is 5.91 Å². The Balaban J connectivity index is 1.90. The number of aromatic nitrogens is 3. The number of hydrogen-bond acceptors (Lipinski definition) is 5. The minimum Gasteiger partial charge on any atom is -0.496 e. The number of ether oxygens (including phenoxy) is 1. The number of carbonyl (C=O) groups is 1. The molecule has 3 rings (SSSR count). The first-order valence-electron chi connectivity index (χ1n) is 7.97. The second-order valence-corrected chi connectivity index (χ2v) is 6.48. The predicted octanol–water partition coefficient (Wildman–Crippen LogP) is 2.96. The molecule has 1 unspecified atom stereocenters. The molecule has 1 N–H and O–H groups in total. The molecule has 1 aromatic carbocycles. The van der Waals surface area contributed by atoms with Crippen molar-refractivity contribution in [3.05, 3.63) is 60.0 Å². The monoisotopic (exact) mass is 356 g/mol. The molecule has 0 spiro atoms. The largest absolute Gasteiger partial charge is 0.496 e. The number of fused-ring (bicyclic) bond motifs is 1. The van der Waals surface area contributed by atoms with Crippen LogP contribution in [0.2, 0.25) is 0 Å². The van der Waals surface area contributed by atoms with Gasteiger partial charge in [-0.15, -0.1) is 10.2 Å². The Morgan fingerprint density at radius 2 is 2.04 bits per heavy atom. The van der Waals surface area contributed by atoms with E-state index >= 15 is 0 Å². The van der Waals surface area contributed by atoms with Crippen molar-refractivity contribution in [1.29, 1.82) is 0 Å². The standard InChI is InChI=1S/C18H20N4O2S/c1-24-15-8-4-3-7-13(15)18(23)19-14(10-12-25-2)17-21-20-16-9-5-6-11-22(16)17/h3-9,11,14H,10,12H2,1-2H3,(H,19,23). The van der Waals surface area contributed by atoms with Crippen LogP contribution in [0.1, 0.15) is 28.6 Å². The summed E-state index contributed by atoms with van der Waals surface area (Å²) in [6.45, 7) is 0. The van der Waals surface area contributed by atoms with E-state index in [1.54, 1.807) is 31.0 Å². The molecule has 0 fully saturated rings. The van der Waals surface area contributed by atoms with Gasteiger partial charge in [-0.05, 0) is 42.7 Å². The van der Waals surface area contributed by atoms with Crippen molar-refractivity contribution in [3.63, 3.8) is 0 Å². The van der Waals surface area contributed by atoms with E-state index in [1.165, 1.54) is 0 Å². The van der Waals surface area contributed by atoms with Gasteiger partial charge < -0.3 is 10.1 Å². The van der Waals surface area contributed by atoms with Crippen LogP contribution in [0.5, 0.6) is 5.75 Å². The first kappa shape index (κ1) is 17.3. The van der Waals surface area contributed by atoms with Crippen LogP contribution in [0.25, 0.3) is 5.65 Å². The van der Waals surface area contributed by atoms with Gasteiger partial charge in [0, 0.05) is 6.20 Å². The Hall–Kier alpha value is -2.54. The van der Waals surface area contributed by atoms with Crippen LogP contribution >= 0.6 is 11.8 Å². The van der Waals surface area contributed by atoms with Gasteiger partial charge in [-0.1, -0.05) is 18.2 Å². The maximum absolute atomic E-state index is 12.8. The van der Waals surface area contributed by atoms with Crippen molar-refractivity contribution in [2.24, 2.45) is 0 Å². The molecule has 6 nitrogen and oxygen atoms in total. The highest BCUT2D eigenvalue weighted by Crippen LogP contribution is 2.22. The smallest absolute Gasteiger partial charge is 0.255 e. The Morgan fingerprint density at radius 3 is 2.84 bits per heavy atom. The number of thioether (sulfide) groups is 1. The molecule has 1 amide bonds. The maximum atomic E-state index is 12.8. The van der Waals surface area contributed by atoms with Crippen LogP contribution in [0.3, 0.4) is 0 Å². The minimum absolute atomic E-state index is 0.184. The molecule has 2 aromatic heterocycles. The fourth-order valence-corrected chi connectivity index (χ4v) is 3.14. The SMILES string of the molecule is COc1ccccc1C(=O)NC(CCSC)c1nnc2ccccn12. The highest BCUT2D eigenvalue weighted by molar-refractivity contribution is 7.98. The number of methoxy groups -OCH3 is 1. The number of carbonyl (C=O) groups excluding carboxylic acids is 1. The van der Waals surface area contributed by atoms with E-state index in [4.69, 9.17) is 4.74 Å². The third kappa shape index (κ3) is 3.76. The summed E-state index contributed by atoms with van der Waals surface area (Å²) in [7, 11) is 1.56. The number of benzene rings is 1. The lowest BCUT2D eigenvalue weighted by atomic mass is 10.1. The summed E-state index contributed by atoms with van der Waals surface area (Å²) in [4.78, 5) is 12.8. The van der Waals surface area contributed by atoms with Gasteiger partial charge in [0.1, 0.15) is 5.75 Å². The highest BCUT2D eigenvalue weighted by atomic mass is 32.2. The number of pyridine rings is 1. The summed E-state index contributed by atoms with van der Waals surface area (Å²) in [6.07, 6.45) is 4.71. The zero-order chi connectivity index (χ0) is 17.6. The summed E-state index contributed by atoms with van der Waals surface area (Å²) in [5.74, 6) is 2.00. The van der Waals surface area contributed by atoms with Crippen molar-refractivity contribution in [1.82, 2.24) is 19.9 Å². The number of nitrogens with zero attached hydrogens (tertiary/aromatic N) is 3. The zero-order valence-corrected chi connectivity index (χ0v) is 15.0. The second kappa shape index (κ2) is 8.02. The summed E-state index contributed by atoms with van der Waals surface area (Å²) in [6, 6.07) is 12.7. The zero-order valence-electron chi connectivity index (χ0n) is 14.2. The van der Waals surface area contributed by atoms with Crippen molar-refractivity contribution < 1.29 is 9.53 Å². The molecule has 0 saturated heterocycles. The molecule has 0 aliphatic heterocycles. The molecule has 130 valence electrons. The fourth-order valence-electron chi connectivity index (χ4n) is 2.67. The van der Waals surface area contributed by atoms with Gasteiger partial charge in [-0.3, -0.25) is 9.20 Å². The molecule has 3 aromatic rings. The van der Waals surface area contributed by atoms with Gasteiger partial charge in [-0.25, -0.2) is 0 Å². The highest BCUT2D eigenvalue weighted by Gasteiger charge is 2.22.